The van der Waals surface area contributed by atoms with E-state index in [1.54, 1.807) is 24.1 Å². The molecule has 0 aliphatic carbocycles. The molecule has 2 aliphatic rings. The van der Waals surface area contributed by atoms with Gasteiger partial charge in [0.2, 0.25) is 5.91 Å². The summed E-state index contributed by atoms with van der Waals surface area (Å²) >= 11 is 3.36. The third kappa shape index (κ3) is 3.61. The molecule has 2 saturated heterocycles. The maximum Gasteiger partial charge on any atom is 0.266 e. The zero-order chi connectivity index (χ0) is 24.0. The number of amides is 2. The fourth-order valence-corrected chi connectivity index (χ4v) is 4.89. The van der Waals surface area contributed by atoms with Crippen LogP contribution in [0, 0.1) is 11.7 Å². The van der Waals surface area contributed by atoms with E-state index in [-0.39, 0.29) is 17.2 Å². The number of phenolic OH excluding ortho intramolecular Hbond substituents is 1. The van der Waals surface area contributed by atoms with E-state index in [0.717, 1.165) is 4.90 Å². The molecule has 0 radical (unpaired) electrons. The Morgan fingerprint density at radius 2 is 1.74 bits per heavy atom. The molecular formula is C25H20BrFN2O5. The Morgan fingerprint density at radius 1 is 1.03 bits per heavy atom. The van der Waals surface area contributed by atoms with Gasteiger partial charge in [-0.15, -0.1) is 0 Å². The predicted octanol–water partition coefficient (Wildman–Crippen LogP) is 4.74. The van der Waals surface area contributed by atoms with E-state index in [9.17, 15) is 19.1 Å². The quantitative estimate of drug-likeness (QED) is 0.483. The second-order valence-electron chi connectivity index (χ2n) is 7.93. The first-order valence-electron chi connectivity index (χ1n) is 10.7. The number of aromatic hydroxyl groups is 1. The summed E-state index contributed by atoms with van der Waals surface area (Å²) in [6.45, 7) is 2.12. The number of phenols is 1. The molecule has 5 rings (SSSR count). The zero-order valence-electron chi connectivity index (χ0n) is 18.0. The first kappa shape index (κ1) is 22.4. The van der Waals surface area contributed by atoms with Crippen molar-refractivity contribution in [3.05, 3.63) is 82.6 Å². The number of carbonyl (C=O) groups is 2. The number of hydrogen-bond acceptors (Lipinski definition) is 6. The van der Waals surface area contributed by atoms with Crippen molar-refractivity contribution in [2.24, 2.45) is 5.92 Å². The topological polar surface area (TPSA) is 79.3 Å². The number of hydroxylamine groups is 1. The molecule has 3 aromatic carbocycles. The molecule has 2 fully saturated rings. The van der Waals surface area contributed by atoms with Crippen LogP contribution >= 0.6 is 15.9 Å². The molecule has 2 heterocycles. The zero-order valence-corrected chi connectivity index (χ0v) is 19.6. The predicted molar refractivity (Wildman–Crippen MR) is 126 cm³/mol. The number of anilines is 2. The number of imide groups is 1. The smallest absolute Gasteiger partial charge is 0.266 e. The van der Waals surface area contributed by atoms with Gasteiger partial charge in [0.25, 0.3) is 5.91 Å². The van der Waals surface area contributed by atoms with Crippen molar-refractivity contribution < 1.29 is 28.7 Å². The van der Waals surface area contributed by atoms with Crippen LogP contribution in [0.15, 0.2) is 71.2 Å². The fourth-order valence-electron chi connectivity index (χ4n) is 4.43. The van der Waals surface area contributed by atoms with Gasteiger partial charge in [0.1, 0.15) is 11.7 Å². The minimum Gasteiger partial charge on any atom is -0.503 e. The van der Waals surface area contributed by atoms with Gasteiger partial charge in [0.15, 0.2) is 17.6 Å². The molecule has 2 aliphatic heterocycles. The summed E-state index contributed by atoms with van der Waals surface area (Å²) in [4.78, 5) is 34.1. The third-order valence-electron chi connectivity index (χ3n) is 5.90. The molecule has 7 nitrogen and oxygen atoms in total. The Morgan fingerprint density at radius 3 is 2.41 bits per heavy atom. The summed E-state index contributed by atoms with van der Waals surface area (Å²) in [7, 11) is 0. The van der Waals surface area contributed by atoms with E-state index in [4.69, 9.17) is 9.57 Å². The minimum absolute atomic E-state index is 0.0610. The van der Waals surface area contributed by atoms with Crippen LogP contribution in [0.2, 0.25) is 0 Å². The van der Waals surface area contributed by atoms with Crippen LogP contribution in [-0.4, -0.2) is 29.6 Å². The Balaban J connectivity index is 1.62. The van der Waals surface area contributed by atoms with E-state index in [2.05, 4.69) is 15.9 Å². The highest BCUT2D eigenvalue weighted by molar-refractivity contribution is 9.10. The van der Waals surface area contributed by atoms with E-state index >= 15 is 0 Å². The molecule has 3 atom stereocenters. The Hall–Kier alpha value is -3.43. The summed E-state index contributed by atoms with van der Waals surface area (Å²) in [6.07, 6.45) is -1.06. The van der Waals surface area contributed by atoms with E-state index < -0.39 is 35.7 Å². The molecular weight excluding hydrogens is 507 g/mol. The molecule has 0 bridgehead atoms. The number of benzene rings is 3. The molecule has 174 valence electrons. The molecule has 0 spiro atoms. The highest BCUT2D eigenvalue weighted by Crippen LogP contribution is 2.49. The second-order valence-corrected chi connectivity index (χ2v) is 8.78. The van der Waals surface area contributed by atoms with Crippen LogP contribution in [0.1, 0.15) is 18.5 Å². The van der Waals surface area contributed by atoms with Crippen molar-refractivity contribution in [2.75, 3.05) is 16.6 Å². The lowest BCUT2D eigenvalue weighted by Crippen LogP contribution is -2.37. The maximum absolute atomic E-state index is 13.6. The molecule has 3 aromatic rings. The third-order valence-corrected chi connectivity index (χ3v) is 6.51. The number of carbonyl (C=O) groups excluding carboxylic acids is 2. The number of ether oxygens (including phenoxy) is 1. The van der Waals surface area contributed by atoms with Crippen molar-refractivity contribution in [3.63, 3.8) is 0 Å². The number of hydrogen-bond donors (Lipinski definition) is 1. The van der Waals surface area contributed by atoms with Gasteiger partial charge in [-0.3, -0.25) is 14.4 Å². The van der Waals surface area contributed by atoms with Crippen molar-refractivity contribution in [3.8, 4) is 11.5 Å². The fraction of sp³-hybridized carbons (Fsp3) is 0.200. The van der Waals surface area contributed by atoms with Crippen LogP contribution < -0.4 is 14.7 Å². The first-order chi connectivity index (χ1) is 16.4. The van der Waals surface area contributed by atoms with Gasteiger partial charge >= 0.3 is 0 Å². The molecule has 1 N–H and O–H groups in total. The molecule has 2 amide bonds. The lowest BCUT2D eigenvalue weighted by Gasteiger charge is -2.29. The van der Waals surface area contributed by atoms with Crippen molar-refractivity contribution in [2.45, 2.75) is 19.1 Å². The van der Waals surface area contributed by atoms with Gasteiger partial charge in [0, 0.05) is 0 Å². The van der Waals surface area contributed by atoms with Crippen LogP contribution in [0.25, 0.3) is 0 Å². The Labute approximate surface area is 203 Å². The molecule has 0 aromatic heterocycles. The van der Waals surface area contributed by atoms with E-state index in [0.29, 0.717) is 22.3 Å². The van der Waals surface area contributed by atoms with Gasteiger partial charge in [-0.2, -0.15) is 0 Å². The Kier molecular flexibility index (Phi) is 5.75. The Bertz CT molecular complexity index is 1250. The summed E-state index contributed by atoms with van der Waals surface area (Å²) in [6, 6.07) is 17.0. The summed E-state index contributed by atoms with van der Waals surface area (Å²) in [5.74, 6) is -2.13. The molecule has 34 heavy (non-hydrogen) atoms. The van der Waals surface area contributed by atoms with Gasteiger partial charge in [-0.1, -0.05) is 18.2 Å². The summed E-state index contributed by atoms with van der Waals surface area (Å²) < 4.78 is 19.4. The van der Waals surface area contributed by atoms with Gasteiger partial charge in [-0.25, -0.2) is 14.4 Å². The molecule has 9 heteroatoms. The van der Waals surface area contributed by atoms with Crippen LogP contribution in [-0.2, 0) is 14.4 Å². The van der Waals surface area contributed by atoms with Gasteiger partial charge in [-0.05, 0) is 76.9 Å². The van der Waals surface area contributed by atoms with Crippen molar-refractivity contribution in [1.82, 2.24) is 0 Å². The normalized spacial score (nSPS) is 21.8. The number of para-hydroxylation sites is 1. The molecule has 0 saturated carbocycles. The van der Waals surface area contributed by atoms with Gasteiger partial charge < -0.3 is 9.84 Å². The number of fused-ring (bicyclic) bond motifs is 1. The minimum atomic E-state index is -1.06. The van der Waals surface area contributed by atoms with Crippen molar-refractivity contribution >= 4 is 39.1 Å². The highest BCUT2D eigenvalue weighted by Gasteiger charge is 2.60. The average molecular weight is 527 g/mol. The van der Waals surface area contributed by atoms with Crippen molar-refractivity contribution in [1.29, 1.82) is 0 Å². The molecule has 0 unspecified atom stereocenters. The van der Waals surface area contributed by atoms with Crippen LogP contribution in [0.5, 0.6) is 11.5 Å². The lowest BCUT2D eigenvalue weighted by atomic mass is 9.90. The summed E-state index contributed by atoms with van der Waals surface area (Å²) in [5.41, 5.74) is 1.56. The second kappa shape index (κ2) is 8.73. The van der Waals surface area contributed by atoms with Crippen LogP contribution in [0.4, 0.5) is 15.8 Å². The monoisotopic (exact) mass is 526 g/mol. The van der Waals surface area contributed by atoms with E-state index in [1.807, 2.05) is 30.3 Å². The van der Waals surface area contributed by atoms with E-state index in [1.165, 1.54) is 24.3 Å². The number of halogens is 2. The number of rotatable bonds is 5. The first-order valence-corrected chi connectivity index (χ1v) is 11.5. The summed E-state index contributed by atoms with van der Waals surface area (Å²) in [5, 5.41) is 12.0. The largest absolute Gasteiger partial charge is 0.503 e. The lowest BCUT2D eigenvalue weighted by molar-refractivity contribution is -0.126. The standard InChI is InChI=1S/C25H20BrFN2O5/c1-2-33-19-13-14(12-18(26)22(19)30)21-20-23(34-29(21)17-6-4-3-5-7-17)25(32)28(24(20)31)16-10-8-15(27)9-11-16/h3-13,20-21,23,30H,2H2,1H3/t20-,21+,23+/m0/s1. The van der Waals surface area contributed by atoms with Crippen LogP contribution in [0.3, 0.4) is 0 Å². The van der Waals surface area contributed by atoms with Gasteiger partial charge in [0.05, 0.1) is 28.5 Å². The highest BCUT2D eigenvalue weighted by atomic mass is 79.9. The SMILES string of the molecule is CCOc1cc([C@@H]2[C@@H]3C(=O)N(c4ccc(F)cc4)C(=O)[C@@H]3ON2c2ccccc2)cc(Br)c1O. The maximum atomic E-state index is 13.6. The number of nitrogens with zero attached hydrogens (tertiary/aromatic N) is 2. The average Bonchev–Trinajstić information content (AvgIpc) is 3.34.